The maximum absolute atomic E-state index is 13.3. The average Bonchev–Trinajstić information content (AvgIpc) is 3.18. The Hall–Kier alpha value is -4.71. The van der Waals surface area contributed by atoms with Crippen molar-refractivity contribution in [3.05, 3.63) is 119 Å². The molecule has 0 bridgehead atoms. The summed E-state index contributed by atoms with van der Waals surface area (Å²) in [4.78, 5) is 39.7. The summed E-state index contributed by atoms with van der Waals surface area (Å²) in [5, 5.41) is 13.2. The average molecular weight is 463 g/mol. The first-order chi connectivity index (χ1) is 17.0. The van der Waals surface area contributed by atoms with Crippen LogP contribution in [0.25, 0.3) is 16.5 Å². The molecule has 172 valence electrons. The lowest BCUT2D eigenvalue weighted by atomic mass is 9.94. The van der Waals surface area contributed by atoms with E-state index < -0.39 is 23.7 Å². The predicted molar refractivity (Wildman–Crippen MR) is 133 cm³/mol. The van der Waals surface area contributed by atoms with Gasteiger partial charge in [-0.15, -0.1) is 0 Å². The number of esters is 1. The molecule has 0 radical (unpaired) electrons. The van der Waals surface area contributed by atoms with E-state index in [1.807, 2.05) is 48.5 Å². The van der Waals surface area contributed by atoms with Crippen LogP contribution in [0.2, 0.25) is 0 Å². The van der Waals surface area contributed by atoms with Gasteiger partial charge in [0.25, 0.3) is 11.7 Å². The van der Waals surface area contributed by atoms with Gasteiger partial charge in [-0.25, -0.2) is 4.79 Å². The van der Waals surface area contributed by atoms with Crippen LogP contribution in [0, 0.1) is 0 Å². The Morgan fingerprint density at radius 1 is 0.800 bits per heavy atom. The fourth-order valence-corrected chi connectivity index (χ4v) is 4.42. The molecule has 1 unspecified atom stereocenters. The Labute approximate surface area is 201 Å². The van der Waals surface area contributed by atoms with Gasteiger partial charge in [0.2, 0.25) is 0 Å². The van der Waals surface area contributed by atoms with Gasteiger partial charge in [-0.05, 0) is 46.7 Å². The zero-order valence-corrected chi connectivity index (χ0v) is 18.8. The lowest BCUT2D eigenvalue weighted by Crippen LogP contribution is -2.29. The largest absolute Gasteiger partial charge is 0.507 e. The van der Waals surface area contributed by atoms with E-state index in [0.29, 0.717) is 22.4 Å². The highest BCUT2D eigenvalue weighted by atomic mass is 16.5. The van der Waals surface area contributed by atoms with E-state index in [0.717, 1.165) is 10.8 Å². The molecule has 0 saturated carbocycles. The number of hydrogen-bond donors (Lipinski definition) is 1. The fraction of sp³-hybridized carbons (Fsp3) is 0.0690. The molecule has 1 heterocycles. The molecule has 4 aromatic carbocycles. The van der Waals surface area contributed by atoms with Crippen LogP contribution in [0.4, 0.5) is 5.69 Å². The van der Waals surface area contributed by atoms with Gasteiger partial charge in [0.1, 0.15) is 5.76 Å². The maximum Gasteiger partial charge on any atom is 0.337 e. The number of carbonyl (C=O) groups excluding carboxylic acids is 3. The van der Waals surface area contributed by atoms with Gasteiger partial charge in [-0.3, -0.25) is 14.5 Å². The standard InChI is InChI=1S/C29H21NO5/c1-35-29(34)20-13-15-23(16-14-20)30-25(19-8-3-2-4-9-19)24(27(32)28(30)33)26(31)22-12-11-18-7-5-6-10-21(18)17-22/h2-17,25,31H,1H3/b26-24-. The summed E-state index contributed by atoms with van der Waals surface area (Å²) in [5.74, 6) is -2.28. The molecule has 1 N–H and O–H groups in total. The highest BCUT2D eigenvalue weighted by Crippen LogP contribution is 2.42. The quantitative estimate of drug-likeness (QED) is 0.193. The molecule has 0 aliphatic carbocycles. The molecular formula is C29H21NO5. The van der Waals surface area contributed by atoms with Crippen molar-refractivity contribution >= 4 is 39.9 Å². The third-order valence-electron chi connectivity index (χ3n) is 6.15. The van der Waals surface area contributed by atoms with Crippen LogP contribution in [-0.2, 0) is 14.3 Å². The Morgan fingerprint density at radius 3 is 2.11 bits per heavy atom. The molecule has 1 fully saturated rings. The summed E-state index contributed by atoms with van der Waals surface area (Å²) < 4.78 is 4.74. The number of ether oxygens (including phenoxy) is 1. The number of amides is 1. The zero-order valence-electron chi connectivity index (χ0n) is 18.8. The van der Waals surface area contributed by atoms with Gasteiger partial charge >= 0.3 is 5.97 Å². The van der Waals surface area contributed by atoms with Crippen molar-refractivity contribution in [2.75, 3.05) is 12.0 Å². The Morgan fingerprint density at radius 2 is 1.43 bits per heavy atom. The van der Waals surface area contributed by atoms with Crippen LogP contribution in [0.3, 0.4) is 0 Å². The molecule has 1 atom stereocenters. The monoisotopic (exact) mass is 463 g/mol. The summed E-state index contributed by atoms with van der Waals surface area (Å²) in [6, 6.07) is 27.6. The van der Waals surface area contributed by atoms with Crippen LogP contribution in [-0.4, -0.2) is 29.9 Å². The van der Waals surface area contributed by atoms with Crippen molar-refractivity contribution in [3.63, 3.8) is 0 Å². The summed E-state index contributed by atoms with van der Waals surface area (Å²) in [5.41, 5.74) is 1.87. The van der Waals surface area contributed by atoms with E-state index in [1.165, 1.54) is 24.1 Å². The number of methoxy groups -OCH3 is 1. The fourth-order valence-electron chi connectivity index (χ4n) is 4.42. The van der Waals surface area contributed by atoms with Crippen LogP contribution >= 0.6 is 0 Å². The lowest BCUT2D eigenvalue weighted by molar-refractivity contribution is -0.132. The highest BCUT2D eigenvalue weighted by molar-refractivity contribution is 6.51. The van der Waals surface area contributed by atoms with E-state index in [9.17, 15) is 19.5 Å². The maximum atomic E-state index is 13.3. The lowest BCUT2D eigenvalue weighted by Gasteiger charge is -2.25. The molecule has 6 heteroatoms. The molecule has 1 saturated heterocycles. The summed E-state index contributed by atoms with van der Waals surface area (Å²) in [6.45, 7) is 0. The van der Waals surface area contributed by atoms with Gasteiger partial charge in [0, 0.05) is 11.3 Å². The third kappa shape index (κ3) is 3.85. The number of benzene rings is 4. The number of aliphatic hydroxyl groups is 1. The van der Waals surface area contributed by atoms with Gasteiger partial charge in [0.15, 0.2) is 0 Å². The predicted octanol–water partition coefficient (Wildman–Crippen LogP) is 5.25. The molecule has 0 spiro atoms. The second-order valence-corrected chi connectivity index (χ2v) is 8.18. The smallest absolute Gasteiger partial charge is 0.337 e. The third-order valence-corrected chi connectivity index (χ3v) is 6.15. The first-order valence-electron chi connectivity index (χ1n) is 11.0. The van der Waals surface area contributed by atoms with Crippen LogP contribution in [0.1, 0.15) is 27.5 Å². The number of nitrogens with zero attached hydrogens (tertiary/aromatic N) is 1. The van der Waals surface area contributed by atoms with Crippen molar-refractivity contribution in [1.82, 2.24) is 0 Å². The minimum Gasteiger partial charge on any atom is -0.507 e. The van der Waals surface area contributed by atoms with Crippen molar-refractivity contribution in [2.45, 2.75) is 6.04 Å². The second kappa shape index (κ2) is 8.91. The Kier molecular flexibility index (Phi) is 5.63. The minimum absolute atomic E-state index is 0.00789. The molecule has 1 aliphatic rings. The molecule has 0 aromatic heterocycles. The van der Waals surface area contributed by atoms with Gasteiger partial charge in [-0.2, -0.15) is 0 Å². The van der Waals surface area contributed by atoms with Gasteiger partial charge < -0.3 is 9.84 Å². The van der Waals surface area contributed by atoms with Gasteiger partial charge in [0.05, 0.1) is 24.3 Å². The number of carbonyl (C=O) groups is 3. The number of rotatable bonds is 4. The normalized spacial score (nSPS) is 17.1. The zero-order chi connectivity index (χ0) is 24.5. The van der Waals surface area contributed by atoms with E-state index in [-0.39, 0.29) is 11.3 Å². The van der Waals surface area contributed by atoms with Crippen LogP contribution in [0.5, 0.6) is 0 Å². The number of Topliss-reactive ketones (excluding diaryl/α,β-unsaturated/α-hetero) is 1. The molecule has 35 heavy (non-hydrogen) atoms. The van der Waals surface area contributed by atoms with E-state index in [4.69, 9.17) is 4.74 Å². The molecule has 4 aromatic rings. The van der Waals surface area contributed by atoms with Gasteiger partial charge in [-0.1, -0.05) is 66.7 Å². The van der Waals surface area contributed by atoms with Crippen molar-refractivity contribution in [1.29, 1.82) is 0 Å². The van der Waals surface area contributed by atoms with Crippen molar-refractivity contribution in [3.8, 4) is 0 Å². The summed E-state index contributed by atoms with van der Waals surface area (Å²) in [6.07, 6.45) is 0. The SMILES string of the molecule is COC(=O)c1ccc(N2C(=O)C(=O)/C(=C(\O)c3ccc4ccccc4c3)C2c2ccccc2)cc1. The molecule has 1 amide bonds. The van der Waals surface area contributed by atoms with E-state index >= 15 is 0 Å². The van der Waals surface area contributed by atoms with Crippen molar-refractivity contribution < 1.29 is 24.2 Å². The molecule has 6 nitrogen and oxygen atoms in total. The van der Waals surface area contributed by atoms with Crippen molar-refractivity contribution in [2.24, 2.45) is 0 Å². The Bertz CT molecular complexity index is 1490. The number of fused-ring (bicyclic) bond motifs is 1. The molecular weight excluding hydrogens is 442 g/mol. The first-order valence-corrected chi connectivity index (χ1v) is 11.0. The first kappa shape index (κ1) is 22.1. The summed E-state index contributed by atoms with van der Waals surface area (Å²) in [7, 11) is 1.29. The molecule has 1 aliphatic heterocycles. The minimum atomic E-state index is -0.841. The number of anilines is 1. The number of ketones is 1. The van der Waals surface area contributed by atoms with E-state index in [2.05, 4.69) is 0 Å². The van der Waals surface area contributed by atoms with E-state index in [1.54, 1.807) is 36.4 Å². The second-order valence-electron chi connectivity index (χ2n) is 8.18. The van der Waals surface area contributed by atoms with Crippen LogP contribution in [0.15, 0.2) is 103 Å². The molecule has 5 rings (SSSR count). The topological polar surface area (TPSA) is 83.9 Å². The van der Waals surface area contributed by atoms with Crippen LogP contribution < -0.4 is 4.90 Å². The number of hydrogen-bond acceptors (Lipinski definition) is 5. The number of aliphatic hydroxyl groups excluding tert-OH is 1. The Balaban J connectivity index is 1.67. The summed E-state index contributed by atoms with van der Waals surface area (Å²) >= 11 is 0. The highest BCUT2D eigenvalue weighted by Gasteiger charge is 2.46.